The molecule has 9 nitrogen and oxygen atoms in total. The second-order valence-electron chi connectivity index (χ2n) is 7.44. The minimum absolute atomic E-state index is 0.0853. The standard InChI is InChI=1S/C19H21N5O4/c1-4-19(2,3)28-14-6-10-12(5-11(14)16(20)25)21-9-22-17(10)24-7-13-15(8-24)27-18(26)23-13/h4-6,9,13,15H,1,7-8H2,2-3H3,(H2,20,25)(H,23,26)/t13-,15+/m1/s1. The van der Waals surface area contributed by atoms with Crippen molar-refractivity contribution in [1.29, 1.82) is 0 Å². The van der Waals surface area contributed by atoms with Gasteiger partial charge in [0.2, 0.25) is 0 Å². The van der Waals surface area contributed by atoms with Crippen LogP contribution in [-0.2, 0) is 4.74 Å². The van der Waals surface area contributed by atoms with Gasteiger partial charge in [-0.15, -0.1) is 0 Å². The third-order valence-electron chi connectivity index (χ3n) is 4.97. The van der Waals surface area contributed by atoms with E-state index in [0.717, 1.165) is 0 Å². The first-order chi connectivity index (χ1) is 13.3. The van der Waals surface area contributed by atoms with Gasteiger partial charge in [0.25, 0.3) is 5.91 Å². The molecule has 2 aliphatic heterocycles. The molecule has 2 aliphatic rings. The molecule has 0 radical (unpaired) electrons. The molecule has 2 atom stereocenters. The van der Waals surface area contributed by atoms with Gasteiger partial charge in [-0.3, -0.25) is 4.79 Å². The van der Waals surface area contributed by atoms with E-state index in [0.29, 0.717) is 35.6 Å². The minimum atomic E-state index is -0.698. The maximum atomic E-state index is 11.9. The Labute approximate surface area is 161 Å². The summed E-state index contributed by atoms with van der Waals surface area (Å²) in [5.41, 5.74) is 5.66. The average Bonchev–Trinajstić information content (AvgIpc) is 3.17. The molecular weight excluding hydrogens is 362 g/mol. The first kappa shape index (κ1) is 18.0. The second kappa shape index (κ2) is 6.36. The fourth-order valence-corrected chi connectivity index (χ4v) is 3.45. The van der Waals surface area contributed by atoms with Crippen LogP contribution in [0.15, 0.2) is 31.1 Å². The maximum absolute atomic E-state index is 11.9. The van der Waals surface area contributed by atoms with Gasteiger partial charge in [0.05, 0.1) is 23.7 Å². The van der Waals surface area contributed by atoms with E-state index in [1.54, 1.807) is 18.2 Å². The minimum Gasteiger partial charge on any atom is -0.483 e. The summed E-state index contributed by atoms with van der Waals surface area (Å²) in [6.07, 6.45) is 2.46. The van der Waals surface area contributed by atoms with Gasteiger partial charge >= 0.3 is 6.09 Å². The lowest BCUT2D eigenvalue weighted by molar-refractivity contribution is 0.0988. The zero-order valence-corrected chi connectivity index (χ0v) is 15.6. The normalized spacial score (nSPS) is 21.2. The van der Waals surface area contributed by atoms with Gasteiger partial charge in [-0.05, 0) is 32.1 Å². The molecule has 28 heavy (non-hydrogen) atoms. The van der Waals surface area contributed by atoms with Crippen LogP contribution in [0.2, 0.25) is 0 Å². The van der Waals surface area contributed by atoms with Crippen molar-refractivity contribution in [3.05, 3.63) is 36.7 Å². The molecule has 0 bridgehead atoms. The molecule has 0 spiro atoms. The Balaban J connectivity index is 1.77. The van der Waals surface area contributed by atoms with Crippen molar-refractivity contribution in [3.8, 4) is 5.75 Å². The highest BCUT2D eigenvalue weighted by molar-refractivity contribution is 6.02. The summed E-state index contributed by atoms with van der Waals surface area (Å²) in [6, 6.07) is 3.24. The fraction of sp³-hybridized carbons (Fsp3) is 0.368. The Morgan fingerprint density at radius 3 is 2.89 bits per heavy atom. The number of benzene rings is 1. The van der Waals surface area contributed by atoms with Gasteiger partial charge in [-0.2, -0.15) is 0 Å². The first-order valence-corrected chi connectivity index (χ1v) is 8.90. The van der Waals surface area contributed by atoms with Crippen molar-refractivity contribution in [3.63, 3.8) is 0 Å². The molecule has 0 aliphatic carbocycles. The molecule has 2 fully saturated rings. The predicted octanol–water partition coefficient (Wildman–Crippen LogP) is 1.37. The van der Waals surface area contributed by atoms with Crippen molar-refractivity contribution >= 4 is 28.7 Å². The van der Waals surface area contributed by atoms with E-state index in [-0.39, 0.29) is 17.7 Å². The number of primary amides is 1. The Kier molecular flexibility index (Phi) is 4.10. The largest absolute Gasteiger partial charge is 0.483 e. The molecule has 3 N–H and O–H groups in total. The summed E-state index contributed by atoms with van der Waals surface area (Å²) < 4.78 is 11.3. The number of alkyl carbamates (subject to hydrolysis) is 1. The Bertz CT molecular complexity index is 974. The molecule has 0 unspecified atom stereocenters. The quantitative estimate of drug-likeness (QED) is 0.748. The van der Waals surface area contributed by atoms with Crippen molar-refractivity contribution in [2.24, 2.45) is 5.73 Å². The number of nitrogens with one attached hydrogen (secondary N) is 1. The van der Waals surface area contributed by atoms with E-state index in [1.807, 2.05) is 18.7 Å². The molecule has 146 valence electrons. The monoisotopic (exact) mass is 383 g/mol. The molecule has 0 saturated carbocycles. The first-order valence-electron chi connectivity index (χ1n) is 8.90. The van der Waals surface area contributed by atoms with E-state index in [4.69, 9.17) is 15.2 Å². The average molecular weight is 383 g/mol. The van der Waals surface area contributed by atoms with Crippen LogP contribution in [-0.4, -0.2) is 52.8 Å². The van der Waals surface area contributed by atoms with Crippen LogP contribution < -0.4 is 20.7 Å². The highest BCUT2D eigenvalue weighted by Crippen LogP contribution is 2.34. The van der Waals surface area contributed by atoms with E-state index in [2.05, 4.69) is 21.9 Å². The molecular formula is C19H21N5O4. The maximum Gasteiger partial charge on any atom is 0.407 e. The lowest BCUT2D eigenvalue weighted by atomic mass is 10.1. The fourth-order valence-electron chi connectivity index (χ4n) is 3.45. The van der Waals surface area contributed by atoms with E-state index in [9.17, 15) is 9.59 Å². The van der Waals surface area contributed by atoms with Gasteiger partial charge < -0.3 is 25.4 Å². The van der Waals surface area contributed by atoms with E-state index in [1.165, 1.54) is 6.33 Å². The van der Waals surface area contributed by atoms with Crippen molar-refractivity contribution < 1.29 is 19.1 Å². The van der Waals surface area contributed by atoms with Gasteiger partial charge in [0, 0.05) is 11.9 Å². The highest BCUT2D eigenvalue weighted by atomic mass is 16.6. The number of nitrogens with two attached hydrogens (primary N) is 1. The SMILES string of the molecule is C=CC(C)(C)Oc1cc2c(N3C[C@@H]4OC(=O)N[C@@H]4C3)ncnc2cc1C(N)=O. The number of carbonyl (C=O) groups excluding carboxylic acids is 2. The number of amides is 2. The van der Waals surface area contributed by atoms with Crippen LogP contribution in [0.5, 0.6) is 5.75 Å². The summed E-state index contributed by atoms with van der Waals surface area (Å²) in [6.45, 7) is 8.51. The summed E-state index contributed by atoms with van der Waals surface area (Å²) in [5.74, 6) is 0.406. The van der Waals surface area contributed by atoms with Gasteiger partial charge in [-0.25, -0.2) is 14.8 Å². The summed E-state index contributed by atoms with van der Waals surface area (Å²) in [7, 11) is 0. The van der Waals surface area contributed by atoms with Gasteiger partial charge in [-0.1, -0.05) is 6.58 Å². The highest BCUT2D eigenvalue weighted by Gasteiger charge is 2.42. The molecule has 9 heteroatoms. The number of ether oxygens (including phenoxy) is 2. The lowest BCUT2D eigenvalue weighted by Crippen LogP contribution is -2.33. The Hall–Kier alpha value is -3.36. The number of rotatable bonds is 5. The van der Waals surface area contributed by atoms with Crippen LogP contribution in [0.1, 0.15) is 24.2 Å². The third-order valence-corrected chi connectivity index (χ3v) is 4.97. The summed E-state index contributed by atoms with van der Waals surface area (Å²) in [4.78, 5) is 34.0. The van der Waals surface area contributed by atoms with Crippen LogP contribution in [0.3, 0.4) is 0 Å². The van der Waals surface area contributed by atoms with Gasteiger partial charge in [0.15, 0.2) is 0 Å². The smallest absolute Gasteiger partial charge is 0.407 e. The number of fused-ring (bicyclic) bond motifs is 2. The number of carbonyl (C=O) groups is 2. The summed E-state index contributed by atoms with van der Waals surface area (Å²) >= 11 is 0. The molecule has 1 aromatic carbocycles. The topological polar surface area (TPSA) is 120 Å². The number of anilines is 1. The second-order valence-corrected chi connectivity index (χ2v) is 7.44. The molecule has 2 amide bonds. The Morgan fingerprint density at radius 2 is 2.21 bits per heavy atom. The van der Waals surface area contributed by atoms with Crippen molar-refractivity contribution in [1.82, 2.24) is 15.3 Å². The zero-order chi connectivity index (χ0) is 20.1. The van der Waals surface area contributed by atoms with Gasteiger partial charge in [0.1, 0.15) is 29.6 Å². The van der Waals surface area contributed by atoms with Crippen molar-refractivity contribution in [2.45, 2.75) is 31.6 Å². The van der Waals surface area contributed by atoms with Crippen LogP contribution in [0, 0.1) is 0 Å². The lowest BCUT2D eigenvalue weighted by Gasteiger charge is -2.25. The molecule has 4 rings (SSSR count). The zero-order valence-electron chi connectivity index (χ0n) is 15.6. The molecule has 3 heterocycles. The third kappa shape index (κ3) is 3.08. The molecule has 1 aromatic heterocycles. The molecule has 2 aromatic rings. The van der Waals surface area contributed by atoms with E-state index >= 15 is 0 Å². The summed E-state index contributed by atoms with van der Waals surface area (Å²) in [5, 5.41) is 3.51. The Morgan fingerprint density at radius 1 is 1.43 bits per heavy atom. The van der Waals surface area contributed by atoms with E-state index < -0.39 is 17.6 Å². The number of hydrogen-bond acceptors (Lipinski definition) is 7. The number of nitrogens with zero attached hydrogens (tertiary/aromatic N) is 3. The molecule has 2 saturated heterocycles. The number of aromatic nitrogens is 2. The van der Waals surface area contributed by atoms with Crippen molar-refractivity contribution in [2.75, 3.05) is 18.0 Å². The van der Waals surface area contributed by atoms with Crippen LogP contribution in [0.4, 0.5) is 10.6 Å². The number of hydrogen-bond donors (Lipinski definition) is 2. The predicted molar refractivity (Wildman–Crippen MR) is 102 cm³/mol. The van der Waals surface area contributed by atoms with Crippen LogP contribution >= 0.6 is 0 Å². The van der Waals surface area contributed by atoms with Crippen LogP contribution in [0.25, 0.3) is 10.9 Å².